The van der Waals surface area contributed by atoms with E-state index in [1.807, 2.05) is 0 Å². The lowest BCUT2D eigenvalue weighted by molar-refractivity contribution is -0.153. The first-order valence-electron chi connectivity index (χ1n) is 7.74. The third-order valence-corrected chi connectivity index (χ3v) is 4.81. The van der Waals surface area contributed by atoms with Crippen LogP contribution >= 0.6 is 0 Å². The number of likely N-dealkylation sites (N-methyl/N-ethyl adjacent to an activating group) is 1. The molecule has 10 heteroatoms. The smallest absolute Gasteiger partial charge is 0.324 e. The minimum Gasteiger partial charge on any atom is -0.337 e. The quantitative estimate of drug-likeness (QED) is 0.662. The van der Waals surface area contributed by atoms with E-state index in [1.54, 1.807) is 19.1 Å². The summed E-state index contributed by atoms with van der Waals surface area (Å²) < 4.78 is 22.4. The molecule has 25 heavy (non-hydrogen) atoms. The summed E-state index contributed by atoms with van der Waals surface area (Å²) >= 11 is 0. The van der Waals surface area contributed by atoms with Crippen molar-refractivity contribution in [3.05, 3.63) is 29.8 Å². The highest BCUT2D eigenvalue weighted by Crippen LogP contribution is 2.09. The van der Waals surface area contributed by atoms with Gasteiger partial charge in [-0.05, 0) is 31.0 Å². The highest BCUT2D eigenvalue weighted by molar-refractivity contribution is 7.89. The van der Waals surface area contributed by atoms with Gasteiger partial charge in [0.05, 0.1) is 4.90 Å². The van der Waals surface area contributed by atoms with Gasteiger partial charge in [-0.2, -0.15) is 0 Å². The monoisotopic (exact) mass is 368 g/mol. The van der Waals surface area contributed by atoms with E-state index in [0.29, 0.717) is 19.5 Å². The number of piperazine rings is 1. The SMILES string of the molecule is CCN1CCN(C(=O)NCCc2ccc(S(N)(=O)=O)cc2)C(=O)C1=O. The zero-order valence-corrected chi connectivity index (χ0v) is 14.6. The molecule has 0 aromatic heterocycles. The lowest BCUT2D eigenvalue weighted by Crippen LogP contribution is -2.58. The molecule has 1 fully saturated rings. The number of nitrogens with one attached hydrogen (secondary N) is 1. The summed E-state index contributed by atoms with van der Waals surface area (Å²) in [6, 6.07) is 5.36. The van der Waals surface area contributed by atoms with Crippen molar-refractivity contribution in [3.8, 4) is 0 Å². The largest absolute Gasteiger partial charge is 0.337 e. The van der Waals surface area contributed by atoms with Crippen LogP contribution in [0, 0.1) is 0 Å². The Morgan fingerprint density at radius 3 is 2.36 bits per heavy atom. The zero-order chi connectivity index (χ0) is 18.6. The summed E-state index contributed by atoms with van der Waals surface area (Å²) in [5.41, 5.74) is 0.797. The van der Waals surface area contributed by atoms with Crippen LogP contribution in [0.1, 0.15) is 12.5 Å². The molecule has 0 radical (unpaired) electrons. The van der Waals surface area contributed by atoms with E-state index in [2.05, 4.69) is 5.32 Å². The molecule has 1 aliphatic rings. The number of imide groups is 1. The molecule has 1 heterocycles. The van der Waals surface area contributed by atoms with Crippen LogP contribution in [0.15, 0.2) is 29.2 Å². The number of amides is 4. The normalized spacial score (nSPS) is 15.4. The van der Waals surface area contributed by atoms with E-state index in [0.717, 1.165) is 10.5 Å². The van der Waals surface area contributed by atoms with Gasteiger partial charge in [0.25, 0.3) is 0 Å². The minimum absolute atomic E-state index is 0.0122. The molecular formula is C15H20N4O5S. The Kier molecular flexibility index (Phi) is 5.75. The summed E-state index contributed by atoms with van der Waals surface area (Å²) in [6.07, 6.45) is 0.438. The van der Waals surface area contributed by atoms with E-state index in [9.17, 15) is 22.8 Å². The standard InChI is InChI=1S/C15H20N4O5S/c1-2-18-9-10-19(14(21)13(18)20)15(22)17-8-7-11-3-5-12(6-4-11)25(16,23)24/h3-6H,2,7-10H2,1H3,(H,17,22)(H2,16,23,24). The highest BCUT2D eigenvalue weighted by Gasteiger charge is 2.35. The summed E-state index contributed by atoms with van der Waals surface area (Å²) in [6.45, 7) is 2.91. The van der Waals surface area contributed by atoms with Crippen LogP contribution in [0.2, 0.25) is 0 Å². The first-order valence-corrected chi connectivity index (χ1v) is 9.29. The molecule has 4 amide bonds. The van der Waals surface area contributed by atoms with Crippen LogP contribution in [0.25, 0.3) is 0 Å². The second-order valence-electron chi connectivity index (χ2n) is 5.51. The van der Waals surface area contributed by atoms with Crippen LogP contribution in [-0.2, 0) is 26.0 Å². The number of hydrogen-bond acceptors (Lipinski definition) is 5. The Balaban J connectivity index is 1.86. The number of nitrogens with zero attached hydrogens (tertiary/aromatic N) is 2. The van der Waals surface area contributed by atoms with Gasteiger partial charge in [0, 0.05) is 26.2 Å². The minimum atomic E-state index is -3.74. The van der Waals surface area contributed by atoms with Gasteiger partial charge in [-0.1, -0.05) is 12.1 Å². The van der Waals surface area contributed by atoms with Crippen LogP contribution in [-0.4, -0.2) is 62.2 Å². The molecule has 2 rings (SSSR count). The van der Waals surface area contributed by atoms with Crippen molar-refractivity contribution < 1.29 is 22.8 Å². The molecule has 1 aliphatic heterocycles. The zero-order valence-electron chi connectivity index (χ0n) is 13.8. The lowest BCUT2D eigenvalue weighted by atomic mass is 10.1. The molecule has 1 aromatic carbocycles. The Morgan fingerprint density at radius 2 is 1.80 bits per heavy atom. The van der Waals surface area contributed by atoms with Crippen LogP contribution < -0.4 is 10.5 Å². The van der Waals surface area contributed by atoms with Crippen molar-refractivity contribution in [2.75, 3.05) is 26.2 Å². The average Bonchev–Trinajstić information content (AvgIpc) is 2.57. The fourth-order valence-electron chi connectivity index (χ4n) is 2.43. The fourth-order valence-corrected chi connectivity index (χ4v) is 2.94. The van der Waals surface area contributed by atoms with Crippen LogP contribution in [0.4, 0.5) is 4.79 Å². The molecule has 3 N–H and O–H groups in total. The Bertz CT molecular complexity index is 776. The third-order valence-electron chi connectivity index (χ3n) is 3.88. The fraction of sp³-hybridized carbons (Fsp3) is 0.400. The van der Waals surface area contributed by atoms with Gasteiger partial charge in [0.1, 0.15) is 0 Å². The van der Waals surface area contributed by atoms with Gasteiger partial charge >= 0.3 is 17.8 Å². The Morgan fingerprint density at radius 1 is 1.16 bits per heavy atom. The van der Waals surface area contributed by atoms with Crippen LogP contribution in [0.5, 0.6) is 0 Å². The number of benzene rings is 1. The predicted molar refractivity (Wildman–Crippen MR) is 88.9 cm³/mol. The van der Waals surface area contributed by atoms with Gasteiger partial charge in [-0.3, -0.25) is 14.5 Å². The molecule has 0 atom stereocenters. The molecule has 1 saturated heterocycles. The molecule has 0 unspecified atom stereocenters. The number of primary sulfonamides is 1. The number of nitrogens with two attached hydrogens (primary N) is 1. The van der Waals surface area contributed by atoms with Crippen molar-refractivity contribution in [1.29, 1.82) is 0 Å². The number of hydrogen-bond donors (Lipinski definition) is 2. The molecule has 0 aliphatic carbocycles. The maximum absolute atomic E-state index is 12.1. The topological polar surface area (TPSA) is 130 Å². The van der Waals surface area contributed by atoms with Gasteiger partial charge in [-0.25, -0.2) is 18.4 Å². The van der Waals surface area contributed by atoms with Gasteiger partial charge < -0.3 is 10.2 Å². The van der Waals surface area contributed by atoms with Crippen molar-refractivity contribution in [1.82, 2.24) is 15.1 Å². The average molecular weight is 368 g/mol. The molecule has 136 valence electrons. The Hall–Kier alpha value is -2.46. The number of rotatable bonds is 5. The van der Waals surface area contributed by atoms with E-state index in [4.69, 9.17) is 5.14 Å². The molecule has 9 nitrogen and oxygen atoms in total. The lowest BCUT2D eigenvalue weighted by Gasteiger charge is -2.31. The van der Waals surface area contributed by atoms with Gasteiger partial charge in [-0.15, -0.1) is 0 Å². The highest BCUT2D eigenvalue weighted by atomic mass is 32.2. The van der Waals surface area contributed by atoms with Gasteiger partial charge in [0.2, 0.25) is 10.0 Å². The van der Waals surface area contributed by atoms with E-state index >= 15 is 0 Å². The summed E-state index contributed by atoms with van der Waals surface area (Å²) in [4.78, 5) is 38.0. The maximum Gasteiger partial charge on any atom is 0.324 e. The second-order valence-corrected chi connectivity index (χ2v) is 7.07. The number of carbonyl (C=O) groups is 3. The second kappa shape index (κ2) is 7.62. The molecular weight excluding hydrogens is 348 g/mol. The third kappa shape index (κ3) is 4.54. The molecule has 1 aromatic rings. The van der Waals surface area contributed by atoms with Crippen molar-refractivity contribution in [3.63, 3.8) is 0 Å². The summed E-state index contributed by atoms with van der Waals surface area (Å²) in [5.74, 6) is -1.51. The summed E-state index contributed by atoms with van der Waals surface area (Å²) in [5, 5.41) is 7.60. The van der Waals surface area contributed by atoms with E-state index in [-0.39, 0.29) is 18.0 Å². The first-order chi connectivity index (χ1) is 11.7. The molecule has 0 saturated carbocycles. The van der Waals surface area contributed by atoms with E-state index < -0.39 is 27.9 Å². The molecule has 0 spiro atoms. The Labute approximate surface area is 145 Å². The van der Waals surface area contributed by atoms with Crippen molar-refractivity contribution >= 4 is 27.9 Å². The van der Waals surface area contributed by atoms with Crippen molar-refractivity contribution in [2.24, 2.45) is 5.14 Å². The van der Waals surface area contributed by atoms with Crippen LogP contribution in [0.3, 0.4) is 0 Å². The van der Waals surface area contributed by atoms with E-state index in [1.165, 1.54) is 17.0 Å². The van der Waals surface area contributed by atoms with Gasteiger partial charge in [0.15, 0.2) is 0 Å². The summed E-state index contributed by atoms with van der Waals surface area (Å²) in [7, 11) is -3.74. The first kappa shape index (κ1) is 18.9. The number of sulfonamides is 1. The number of urea groups is 1. The molecule has 0 bridgehead atoms. The number of carbonyl (C=O) groups excluding carboxylic acids is 3. The van der Waals surface area contributed by atoms with Crippen molar-refractivity contribution in [2.45, 2.75) is 18.2 Å². The maximum atomic E-state index is 12.1. The predicted octanol–water partition coefficient (Wildman–Crippen LogP) is -0.723.